The van der Waals surface area contributed by atoms with Gasteiger partial charge in [0.1, 0.15) is 0 Å². The van der Waals surface area contributed by atoms with Crippen LogP contribution in [-0.2, 0) is 0 Å². The van der Waals surface area contributed by atoms with Crippen LogP contribution in [0.3, 0.4) is 0 Å². The Morgan fingerprint density at radius 2 is 1.30 bits per heavy atom. The average molecular weight is 306 g/mol. The molecule has 0 aliphatic heterocycles. The second-order valence-electron chi connectivity index (χ2n) is 4.78. The van der Waals surface area contributed by atoms with Gasteiger partial charge >= 0.3 is 0 Å². The fourth-order valence-electron chi connectivity index (χ4n) is 2.05. The number of nitrogens with one attached hydrogen (secondary N) is 2. The number of aromatic nitrogens is 2. The quantitative estimate of drug-likeness (QED) is 0.726. The fraction of sp³-hybridized carbons (Fsp3) is 0. The van der Waals surface area contributed by atoms with E-state index >= 15 is 0 Å². The van der Waals surface area contributed by atoms with Gasteiger partial charge in [0.25, 0.3) is 11.8 Å². The Hall–Kier alpha value is -3.41. The Labute approximate surface area is 132 Å². The molecule has 2 aromatic heterocycles. The zero-order valence-electron chi connectivity index (χ0n) is 12.1. The van der Waals surface area contributed by atoms with E-state index in [4.69, 9.17) is 0 Å². The molecule has 2 N–H and O–H groups in total. The minimum atomic E-state index is -0.398. The van der Waals surface area contributed by atoms with E-state index in [2.05, 4.69) is 15.8 Å². The van der Waals surface area contributed by atoms with E-state index in [1.165, 1.54) is 12.4 Å². The van der Waals surface area contributed by atoms with Crippen molar-refractivity contribution in [2.24, 2.45) is 0 Å². The summed E-state index contributed by atoms with van der Waals surface area (Å²) in [5.41, 5.74) is 6.58. The molecule has 6 nitrogen and oxygen atoms in total. The van der Waals surface area contributed by atoms with E-state index in [-0.39, 0.29) is 5.91 Å². The first kappa shape index (κ1) is 14.5. The number of benzene rings is 1. The van der Waals surface area contributed by atoms with Crippen molar-refractivity contribution in [2.75, 3.05) is 0 Å². The van der Waals surface area contributed by atoms with Crippen LogP contribution in [0.4, 0.5) is 0 Å². The fourth-order valence-corrected chi connectivity index (χ4v) is 2.05. The van der Waals surface area contributed by atoms with E-state index in [1.807, 2.05) is 41.2 Å². The van der Waals surface area contributed by atoms with Crippen molar-refractivity contribution in [1.29, 1.82) is 0 Å². The molecule has 0 bridgehead atoms. The predicted molar refractivity (Wildman–Crippen MR) is 84.9 cm³/mol. The van der Waals surface area contributed by atoms with Crippen molar-refractivity contribution >= 4 is 11.8 Å². The number of hydrogen-bond acceptors (Lipinski definition) is 3. The molecule has 3 aromatic rings. The number of hydrogen-bond donors (Lipinski definition) is 2. The Morgan fingerprint density at radius 1 is 0.783 bits per heavy atom. The molecule has 23 heavy (non-hydrogen) atoms. The van der Waals surface area contributed by atoms with Gasteiger partial charge in [-0.3, -0.25) is 25.4 Å². The first-order valence-electron chi connectivity index (χ1n) is 6.98. The van der Waals surface area contributed by atoms with Crippen molar-refractivity contribution in [3.05, 3.63) is 84.4 Å². The molecular weight excluding hydrogens is 292 g/mol. The van der Waals surface area contributed by atoms with Gasteiger partial charge in [-0.2, -0.15) is 0 Å². The molecule has 0 fully saturated rings. The number of rotatable bonds is 3. The van der Waals surface area contributed by atoms with Crippen LogP contribution in [0.5, 0.6) is 0 Å². The van der Waals surface area contributed by atoms with E-state index in [9.17, 15) is 9.59 Å². The SMILES string of the molecule is O=C(NNC(=O)c1ccc(-n2cccc2)cc1)c1ccncc1. The highest BCUT2D eigenvalue weighted by Crippen LogP contribution is 2.09. The van der Waals surface area contributed by atoms with Gasteiger partial charge in [0.2, 0.25) is 0 Å². The summed E-state index contributed by atoms with van der Waals surface area (Å²) in [7, 11) is 0. The summed E-state index contributed by atoms with van der Waals surface area (Å²) >= 11 is 0. The maximum absolute atomic E-state index is 12.0. The minimum Gasteiger partial charge on any atom is -0.324 e. The third-order valence-electron chi connectivity index (χ3n) is 3.26. The Balaban J connectivity index is 1.61. The third-order valence-corrected chi connectivity index (χ3v) is 3.26. The summed E-state index contributed by atoms with van der Waals surface area (Å²) in [5.74, 6) is -0.781. The van der Waals surface area contributed by atoms with Crippen molar-refractivity contribution in [3.8, 4) is 5.69 Å². The molecule has 0 saturated heterocycles. The number of carbonyl (C=O) groups excluding carboxylic acids is 2. The Kier molecular flexibility index (Phi) is 4.15. The summed E-state index contributed by atoms with van der Waals surface area (Å²) in [6, 6.07) is 14.0. The minimum absolute atomic E-state index is 0.383. The van der Waals surface area contributed by atoms with Crippen LogP contribution < -0.4 is 10.9 Å². The van der Waals surface area contributed by atoms with Crippen molar-refractivity contribution in [3.63, 3.8) is 0 Å². The van der Waals surface area contributed by atoms with Crippen LogP contribution in [0, 0.1) is 0 Å². The van der Waals surface area contributed by atoms with E-state index in [0.29, 0.717) is 11.1 Å². The smallest absolute Gasteiger partial charge is 0.269 e. The lowest BCUT2D eigenvalue weighted by molar-refractivity contribution is 0.0846. The highest BCUT2D eigenvalue weighted by molar-refractivity contribution is 5.99. The molecule has 0 aliphatic carbocycles. The lowest BCUT2D eigenvalue weighted by Gasteiger charge is -2.08. The first-order valence-corrected chi connectivity index (χ1v) is 6.98. The lowest BCUT2D eigenvalue weighted by Crippen LogP contribution is -2.41. The molecule has 0 aliphatic rings. The standard InChI is InChI=1S/C17H14N4O2/c22-16(19-20-17(23)14-7-9-18-10-8-14)13-3-5-15(6-4-13)21-11-1-2-12-21/h1-12H,(H,19,22)(H,20,23). The zero-order valence-corrected chi connectivity index (χ0v) is 12.1. The highest BCUT2D eigenvalue weighted by Gasteiger charge is 2.09. The highest BCUT2D eigenvalue weighted by atomic mass is 16.2. The maximum Gasteiger partial charge on any atom is 0.269 e. The normalized spacial score (nSPS) is 10.1. The van der Waals surface area contributed by atoms with Gasteiger partial charge in [-0.15, -0.1) is 0 Å². The van der Waals surface area contributed by atoms with Crippen molar-refractivity contribution < 1.29 is 9.59 Å². The second-order valence-corrected chi connectivity index (χ2v) is 4.78. The van der Waals surface area contributed by atoms with Crippen LogP contribution >= 0.6 is 0 Å². The van der Waals surface area contributed by atoms with Crippen molar-refractivity contribution in [1.82, 2.24) is 20.4 Å². The van der Waals surface area contributed by atoms with E-state index in [0.717, 1.165) is 5.69 Å². The first-order chi connectivity index (χ1) is 11.2. The Morgan fingerprint density at radius 3 is 1.87 bits per heavy atom. The molecule has 0 unspecified atom stereocenters. The van der Waals surface area contributed by atoms with Crippen LogP contribution in [-0.4, -0.2) is 21.4 Å². The summed E-state index contributed by atoms with van der Waals surface area (Å²) in [6.07, 6.45) is 6.86. The number of carbonyl (C=O) groups is 2. The van der Waals surface area contributed by atoms with Gasteiger partial charge in [0.05, 0.1) is 0 Å². The van der Waals surface area contributed by atoms with Crippen LogP contribution in [0.25, 0.3) is 5.69 Å². The number of amides is 2. The number of hydrazine groups is 1. The van der Waals surface area contributed by atoms with Crippen molar-refractivity contribution in [2.45, 2.75) is 0 Å². The van der Waals surface area contributed by atoms with E-state index in [1.54, 1.807) is 24.3 Å². The molecule has 3 rings (SSSR count). The summed E-state index contributed by atoms with van der Waals surface area (Å²) < 4.78 is 1.94. The number of nitrogens with zero attached hydrogens (tertiary/aromatic N) is 2. The van der Waals surface area contributed by atoms with Gasteiger partial charge in [-0.05, 0) is 48.5 Å². The molecule has 1 aromatic carbocycles. The molecule has 0 atom stereocenters. The van der Waals surface area contributed by atoms with Gasteiger partial charge in [0.15, 0.2) is 0 Å². The zero-order chi connectivity index (χ0) is 16.1. The van der Waals surface area contributed by atoms with Gasteiger partial charge < -0.3 is 4.57 Å². The van der Waals surface area contributed by atoms with Crippen LogP contribution in [0.15, 0.2) is 73.3 Å². The number of pyridine rings is 1. The largest absolute Gasteiger partial charge is 0.324 e. The van der Waals surface area contributed by atoms with E-state index < -0.39 is 5.91 Å². The molecule has 0 radical (unpaired) electrons. The molecule has 2 heterocycles. The molecule has 0 spiro atoms. The summed E-state index contributed by atoms with van der Waals surface area (Å²) in [6.45, 7) is 0. The summed E-state index contributed by atoms with van der Waals surface area (Å²) in [5, 5.41) is 0. The molecule has 6 heteroatoms. The molecule has 114 valence electrons. The third kappa shape index (κ3) is 3.44. The topological polar surface area (TPSA) is 76.0 Å². The predicted octanol–water partition coefficient (Wildman–Crippen LogP) is 1.95. The monoisotopic (exact) mass is 306 g/mol. The second kappa shape index (κ2) is 6.57. The van der Waals surface area contributed by atoms with Gasteiger partial charge in [0, 0.05) is 41.6 Å². The van der Waals surface area contributed by atoms with Gasteiger partial charge in [-0.1, -0.05) is 0 Å². The lowest BCUT2D eigenvalue weighted by atomic mass is 10.2. The average Bonchev–Trinajstić information content (AvgIpc) is 3.15. The maximum atomic E-state index is 12.0. The van der Waals surface area contributed by atoms with Crippen LogP contribution in [0.1, 0.15) is 20.7 Å². The van der Waals surface area contributed by atoms with Crippen LogP contribution in [0.2, 0.25) is 0 Å². The molecule has 2 amide bonds. The summed E-state index contributed by atoms with van der Waals surface area (Å²) in [4.78, 5) is 27.7. The van der Waals surface area contributed by atoms with Gasteiger partial charge in [-0.25, -0.2) is 0 Å². The molecular formula is C17H14N4O2. The Bertz CT molecular complexity index is 796. The molecule has 0 saturated carbocycles.